The molecule has 0 aliphatic heterocycles. The zero-order valence-corrected chi connectivity index (χ0v) is 22.9. The lowest BCUT2D eigenvalue weighted by Crippen LogP contribution is -2.28. The van der Waals surface area contributed by atoms with Gasteiger partial charge in [-0.2, -0.15) is 0 Å². The molecule has 200 valence electrons. The van der Waals surface area contributed by atoms with Gasteiger partial charge in [0.2, 0.25) is 5.82 Å². The van der Waals surface area contributed by atoms with E-state index >= 15 is 0 Å². The van der Waals surface area contributed by atoms with Crippen LogP contribution in [0.5, 0.6) is 5.75 Å². The van der Waals surface area contributed by atoms with Gasteiger partial charge in [0.1, 0.15) is 12.4 Å². The average molecular weight is 537 g/mol. The van der Waals surface area contributed by atoms with Crippen LogP contribution in [-0.4, -0.2) is 52.6 Å². The lowest BCUT2D eigenvalue weighted by Gasteiger charge is -2.15. The molecule has 0 fully saturated rings. The third kappa shape index (κ3) is 7.03. The summed E-state index contributed by atoms with van der Waals surface area (Å²) in [5, 5.41) is 12.4. The van der Waals surface area contributed by atoms with Crippen molar-refractivity contribution >= 4 is 17.3 Å². The molecule has 0 N–H and O–H groups in total. The van der Waals surface area contributed by atoms with E-state index in [1.807, 2.05) is 43.3 Å². The highest BCUT2D eigenvalue weighted by Gasteiger charge is 2.20. The minimum Gasteiger partial charge on any atom is -0.488 e. The maximum Gasteiger partial charge on any atom is 0.335 e. The van der Waals surface area contributed by atoms with Gasteiger partial charge in [0.05, 0.1) is 6.61 Å². The summed E-state index contributed by atoms with van der Waals surface area (Å²) in [5.74, 6) is 0.996. The zero-order valence-electron chi connectivity index (χ0n) is 22.0. The van der Waals surface area contributed by atoms with E-state index in [0.717, 1.165) is 27.3 Å². The smallest absolute Gasteiger partial charge is 0.335 e. The number of ether oxygens (including phenoxy) is 4. The van der Waals surface area contributed by atoms with Crippen LogP contribution in [0.2, 0.25) is 0 Å². The average Bonchev–Trinajstić information content (AvgIpc) is 3.55. The summed E-state index contributed by atoms with van der Waals surface area (Å²) >= 11 is 1.71. The van der Waals surface area contributed by atoms with Crippen LogP contribution >= 0.6 is 11.3 Å². The molecule has 4 rings (SSSR count). The van der Waals surface area contributed by atoms with E-state index in [4.69, 9.17) is 18.9 Å². The van der Waals surface area contributed by atoms with E-state index in [1.54, 1.807) is 25.4 Å². The number of methoxy groups -OCH3 is 1. The fraction of sp³-hybridized carbons (Fsp3) is 0.357. The van der Waals surface area contributed by atoms with Gasteiger partial charge in [-0.3, -0.25) is 0 Å². The van der Waals surface area contributed by atoms with Crippen LogP contribution in [0, 0.1) is 6.92 Å². The second kappa shape index (κ2) is 13.3. The van der Waals surface area contributed by atoms with E-state index in [0.29, 0.717) is 32.1 Å². The Labute approximate surface area is 226 Å². The van der Waals surface area contributed by atoms with Crippen molar-refractivity contribution in [1.82, 2.24) is 20.2 Å². The molecule has 0 aliphatic carbocycles. The number of rotatable bonds is 13. The van der Waals surface area contributed by atoms with Gasteiger partial charge in [-0.25, -0.2) is 4.79 Å². The van der Waals surface area contributed by atoms with Gasteiger partial charge in [0.25, 0.3) is 0 Å². The first-order valence-electron chi connectivity index (χ1n) is 12.5. The fourth-order valence-electron chi connectivity index (χ4n) is 3.85. The summed E-state index contributed by atoms with van der Waals surface area (Å²) in [5.41, 5.74) is 4.18. The molecule has 0 bridgehead atoms. The molecule has 4 aromatic rings. The normalized spacial score (nSPS) is 11.9. The third-order valence-electron chi connectivity index (χ3n) is 5.78. The van der Waals surface area contributed by atoms with Gasteiger partial charge in [-0.1, -0.05) is 36.4 Å². The monoisotopic (exact) mass is 536 g/mol. The molecule has 0 saturated carbocycles. The first-order valence-corrected chi connectivity index (χ1v) is 13.3. The Morgan fingerprint density at radius 1 is 1.03 bits per heavy atom. The molecule has 2 heterocycles. The van der Waals surface area contributed by atoms with Gasteiger partial charge in [-0.15, -0.1) is 26.3 Å². The summed E-state index contributed by atoms with van der Waals surface area (Å²) < 4.78 is 21.8. The Balaban J connectivity index is 1.36. The molecule has 0 amide bonds. The van der Waals surface area contributed by atoms with Crippen LogP contribution in [-0.2, 0) is 38.8 Å². The van der Waals surface area contributed by atoms with Crippen molar-refractivity contribution in [3.63, 3.8) is 0 Å². The number of carbonyl (C=O) groups excluding carboxylic acids is 1. The summed E-state index contributed by atoms with van der Waals surface area (Å²) in [6.45, 7) is 7.28. The summed E-state index contributed by atoms with van der Waals surface area (Å²) in [6, 6.07) is 18.0. The molecular weight excluding hydrogens is 504 g/mol. The number of hydrogen-bond acceptors (Lipinski definition) is 9. The van der Waals surface area contributed by atoms with Crippen LogP contribution in [0.4, 0.5) is 0 Å². The molecule has 1 atom stereocenters. The van der Waals surface area contributed by atoms with E-state index in [1.165, 1.54) is 15.2 Å². The Bertz CT molecular complexity index is 1320. The first kappa shape index (κ1) is 27.4. The predicted molar refractivity (Wildman–Crippen MR) is 145 cm³/mol. The van der Waals surface area contributed by atoms with Crippen LogP contribution in [0.1, 0.15) is 29.9 Å². The topological polar surface area (TPSA) is 97.6 Å². The maximum atomic E-state index is 12.1. The van der Waals surface area contributed by atoms with Crippen molar-refractivity contribution in [2.75, 3.05) is 20.3 Å². The molecule has 2 aromatic heterocycles. The number of hydrogen-bond donors (Lipinski definition) is 0. The Morgan fingerprint density at radius 3 is 2.45 bits per heavy atom. The lowest BCUT2D eigenvalue weighted by atomic mass is 10.1. The van der Waals surface area contributed by atoms with Crippen LogP contribution in [0.3, 0.4) is 0 Å². The van der Waals surface area contributed by atoms with Crippen molar-refractivity contribution in [3.8, 4) is 27.6 Å². The van der Waals surface area contributed by atoms with Crippen LogP contribution in [0.15, 0.2) is 54.6 Å². The zero-order chi connectivity index (χ0) is 26.9. The number of carbonyl (C=O) groups is 1. The molecule has 0 radical (unpaired) electrons. The number of nitrogens with zero attached hydrogens (tertiary/aromatic N) is 4. The standard InChI is InChI=1S/C28H32N4O5S/c1-5-35-24(28(33)36-6-2)16-20-7-13-23(14-8-20)37-17-26-19(3)15-25(38-26)21-9-11-22(12-10-21)27-29-31-32(30-27)18-34-4/h7-15,24H,5-6,16-18H2,1-4H3. The van der Waals surface area contributed by atoms with Gasteiger partial charge < -0.3 is 18.9 Å². The second-order valence-corrected chi connectivity index (χ2v) is 9.67. The molecule has 9 nitrogen and oxygen atoms in total. The SMILES string of the molecule is CCOC(=O)C(Cc1ccc(OCc2sc(-c3ccc(-c4nnn(COC)n4)cc3)cc2C)cc1)OCC. The van der Waals surface area contributed by atoms with Crippen molar-refractivity contribution in [1.29, 1.82) is 0 Å². The number of benzene rings is 2. The third-order valence-corrected chi connectivity index (χ3v) is 7.04. The van der Waals surface area contributed by atoms with E-state index in [9.17, 15) is 4.79 Å². The molecule has 2 aromatic carbocycles. The minimum atomic E-state index is -0.603. The van der Waals surface area contributed by atoms with E-state index < -0.39 is 6.10 Å². The molecule has 0 spiro atoms. The second-order valence-electron chi connectivity index (χ2n) is 8.53. The Hall–Kier alpha value is -3.60. The van der Waals surface area contributed by atoms with Gasteiger partial charge in [0, 0.05) is 35.5 Å². The number of aryl methyl sites for hydroxylation is 1. The highest BCUT2D eigenvalue weighted by atomic mass is 32.1. The maximum absolute atomic E-state index is 12.1. The predicted octanol–water partition coefficient (Wildman–Crippen LogP) is 5.07. The van der Waals surface area contributed by atoms with Gasteiger partial charge in [0.15, 0.2) is 12.8 Å². The number of tetrazole rings is 1. The molecule has 1 unspecified atom stereocenters. The molecule has 10 heteroatoms. The summed E-state index contributed by atoms with van der Waals surface area (Å²) in [6.07, 6.45) is -0.144. The van der Waals surface area contributed by atoms with Gasteiger partial charge in [-0.05, 0) is 60.9 Å². The van der Waals surface area contributed by atoms with Crippen molar-refractivity contribution < 1.29 is 23.7 Å². The molecular formula is C28H32N4O5S. The quantitative estimate of drug-likeness (QED) is 0.219. The largest absolute Gasteiger partial charge is 0.488 e. The van der Waals surface area contributed by atoms with Gasteiger partial charge >= 0.3 is 5.97 Å². The van der Waals surface area contributed by atoms with E-state index in [2.05, 4.69) is 40.5 Å². The number of aromatic nitrogens is 4. The fourth-order valence-corrected chi connectivity index (χ4v) is 4.94. The Kier molecular flexibility index (Phi) is 9.58. The minimum absolute atomic E-state index is 0.262. The number of thiophene rings is 1. The first-order chi connectivity index (χ1) is 18.5. The molecule has 0 aliphatic rings. The summed E-state index contributed by atoms with van der Waals surface area (Å²) in [7, 11) is 1.59. The van der Waals surface area contributed by atoms with Crippen molar-refractivity contribution in [2.45, 2.75) is 46.6 Å². The summed E-state index contributed by atoms with van der Waals surface area (Å²) in [4.78, 5) is 15.9. The Morgan fingerprint density at radius 2 is 1.76 bits per heavy atom. The van der Waals surface area contributed by atoms with Crippen LogP contribution in [0.25, 0.3) is 21.8 Å². The highest BCUT2D eigenvalue weighted by Crippen LogP contribution is 2.33. The molecule has 0 saturated heterocycles. The number of esters is 1. The van der Waals surface area contributed by atoms with Crippen molar-refractivity contribution in [3.05, 3.63) is 70.6 Å². The highest BCUT2D eigenvalue weighted by molar-refractivity contribution is 7.15. The van der Waals surface area contributed by atoms with Crippen LogP contribution < -0.4 is 4.74 Å². The van der Waals surface area contributed by atoms with E-state index in [-0.39, 0.29) is 12.7 Å². The molecule has 38 heavy (non-hydrogen) atoms. The lowest BCUT2D eigenvalue weighted by molar-refractivity contribution is -0.156. The van der Waals surface area contributed by atoms with Crippen molar-refractivity contribution in [2.24, 2.45) is 0 Å².